The molecule has 0 spiro atoms. The monoisotopic (exact) mass is 450 g/mol. The van der Waals surface area contributed by atoms with Gasteiger partial charge in [-0.15, -0.1) is 0 Å². The number of rotatable bonds is 6. The number of pyridine rings is 1. The van der Waals surface area contributed by atoms with Crippen molar-refractivity contribution >= 4 is 17.6 Å². The number of para-hydroxylation sites is 1. The van der Waals surface area contributed by atoms with Gasteiger partial charge in [-0.05, 0) is 29.5 Å². The number of hydrogen-bond donors (Lipinski definition) is 0. The van der Waals surface area contributed by atoms with E-state index in [1.165, 1.54) is 6.07 Å². The van der Waals surface area contributed by atoms with Gasteiger partial charge in [0.1, 0.15) is 16.9 Å². The minimum Gasteiger partial charge on any atom is -0.440 e. The lowest BCUT2D eigenvalue weighted by atomic mass is 10.1. The Kier molecular flexibility index (Phi) is 6.27. The van der Waals surface area contributed by atoms with Gasteiger partial charge in [0.25, 0.3) is 0 Å². The second kappa shape index (κ2) is 8.60. The number of nitrogens with zero attached hydrogens (tertiary/aromatic N) is 2. The van der Waals surface area contributed by atoms with Crippen LogP contribution in [0.5, 0.6) is 11.6 Å². The number of aromatic nitrogens is 1. The fourth-order valence-corrected chi connectivity index (χ4v) is 3.41. The largest absolute Gasteiger partial charge is 0.440 e. The molecule has 0 radical (unpaired) electrons. The number of carbonyl (C=O) groups excluding carboxylic acids is 1. The predicted octanol–water partition coefficient (Wildman–Crippen LogP) is 5.94. The van der Waals surface area contributed by atoms with Crippen LogP contribution in [0.1, 0.15) is 25.6 Å². The van der Waals surface area contributed by atoms with Crippen LogP contribution in [-0.2, 0) is 9.53 Å². The van der Waals surface area contributed by atoms with Crippen molar-refractivity contribution < 1.29 is 27.4 Å². The highest BCUT2D eigenvalue weighted by Gasteiger charge is 2.62. The summed E-state index contributed by atoms with van der Waals surface area (Å²) in [4.78, 5) is 16.8. The Bertz CT molecular complexity index is 1030. The molecule has 162 valence electrons. The molecule has 0 saturated heterocycles. The summed E-state index contributed by atoms with van der Waals surface area (Å²) >= 11 is 5.31. The molecule has 1 saturated carbocycles. The Morgan fingerprint density at radius 3 is 2.52 bits per heavy atom. The normalized spacial score (nSPS) is 21.0. The van der Waals surface area contributed by atoms with Crippen LogP contribution in [-0.4, -0.2) is 17.1 Å². The summed E-state index contributed by atoms with van der Waals surface area (Å²) in [5, 5.41) is 8.18. The van der Waals surface area contributed by atoms with Crippen molar-refractivity contribution in [1.29, 1.82) is 5.26 Å². The highest BCUT2D eigenvalue weighted by molar-refractivity contribution is 6.30. The number of allylic oxidation sites excluding steroid dienone is 2. The second-order valence-corrected chi connectivity index (χ2v) is 8.01. The summed E-state index contributed by atoms with van der Waals surface area (Å²) in [6.45, 7) is 3.27. The molecule has 3 rings (SSSR count). The first-order valence-electron chi connectivity index (χ1n) is 9.28. The zero-order chi connectivity index (χ0) is 22.8. The Balaban J connectivity index is 1.72. The minimum atomic E-state index is -4.69. The quantitative estimate of drug-likeness (QED) is 0.509. The molecule has 0 N–H and O–H groups in total. The number of alkyl halides is 3. The van der Waals surface area contributed by atoms with Crippen molar-refractivity contribution in [3.63, 3.8) is 0 Å². The van der Waals surface area contributed by atoms with Gasteiger partial charge < -0.3 is 9.47 Å². The van der Waals surface area contributed by atoms with Crippen molar-refractivity contribution in [2.45, 2.75) is 26.1 Å². The van der Waals surface area contributed by atoms with Crippen LogP contribution in [0.2, 0.25) is 0 Å². The fraction of sp³-hybridized carbons (Fsp3) is 0.318. The molecule has 31 heavy (non-hydrogen) atoms. The lowest BCUT2D eigenvalue weighted by Gasteiger charge is -2.12. The van der Waals surface area contributed by atoms with E-state index in [0.29, 0.717) is 5.75 Å². The molecular formula is C22H18ClF3N2O3. The third-order valence-corrected chi connectivity index (χ3v) is 5.43. The number of hydrogen-bond acceptors (Lipinski definition) is 5. The van der Waals surface area contributed by atoms with E-state index < -0.39 is 40.5 Å². The molecule has 2 aromatic rings. The van der Waals surface area contributed by atoms with Gasteiger partial charge in [-0.3, -0.25) is 4.79 Å². The molecule has 1 aliphatic carbocycles. The average molecular weight is 451 g/mol. The molecule has 0 amide bonds. The van der Waals surface area contributed by atoms with E-state index in [2.05, 4.69) is 4.98 Å². The lowest BCUT2D eigenvalue weighted by molar-refractivity contribution is -0.149. The number of benzene rings is 1. The molecular weight excluding hydrogens is 433 g/mol. The summed E-state index contributed by atoms with van der Waals surface area (Å²) in [6.07, 6.45) is -5.21. The average Bonchev–Trinajstić information content (AvgIpc) is 3.26. The van der Waals surface area contributed by atoms with Gasteiger partial charge in [-0.2, -0.15) is 18.4 Å². The molecule has 1 fully saturated rings. The third-order valence-electron chi connectivity index (χ3n) is 5.09. The van der Waals surface area contributed by atoms with E-state index >= 15 is 0 Å². The lowest BCUT2D eigenvalue weighted by Crippen LogP contribution is -2.15. The third kappa shape index (κ3) is 5.17. The maximum atomic E-state index is 12.7. The smallest absolute Gasteiger partial charge is 0.426 e. The van der Waals surface area contributed by atoms with Gasteiger partial charge in [-0.25, -0.2) is 4.98 Å². The molecule has 0 aliphatic heterocycles. The number of halogens is 4. The number of esters is 1. The van der Waals surface area contributed by atoms with Crippen molar-refractivity contribution in [3.05, 3.63) is 65.3 Å². The number of nitriles is 1. The van der Waals surface area contributed by atoms with Gasteiger partial charge >= 0.3 is 12.1 Å². The summed E-state index contributed by atoms with van der Waals surface area (Å²) < 4.78 is 49.0. The zero-order valence-electron chi connectivity index (χ0n) is 16.6. The summed E-state index contributed by atoms with van der Waals surface area (Å²) in [5.41, 5.74) is -0.642. The van der Waals surface area contributed by atoms with Crippen molar-refractivity contribution in [1.82, 2.24) is 4.98 Å². The molecule has 1 aromatic carbocycles. The van der Waals surface area contributed by atoms with E-state index in [1.807, 2.05) is 12.1 Å². The van der Waals surface area contributed by atoms with Crippen LogP contribution in [0.3, 0.4) is 0 Å². The van der Waals surface area contributed by atoms with Crippen molar-refractivity contribution in [3.8, 4) is 17.7 Å². The maximum Gasteiger partial charge on any atom is 0.426 e. The van der Waals surface area contributed by atoms with Gasteiger partial charge in [0.2, 0.25) is 12.0 Å². The standard InChI is InChI=1S/C22H18ClF3N2O3/c1-21(2)14(11-17(23)22(24,25)26)19(21)20(29)31-16(12-27)15-9-6-10-18(28-15)30-13-7-4-3-5-8-13/h3-11,14,16,19H,1-2H3/t14-,16?,19-/m1/s1. The molecule has 1 aliphatic rings. The van der Waals surface area contributed by atoms with Crippen LogP contribution in [0, 0.1) is 28.6 Å². The second-order valence-electron chi connectivity index (χ2n) is 7.60. The predicted molar refractivity (Wildman–Crippen MR) is 106 cm³/mol. The van der Waals surface area contributed by atoms with E-state index in [1.54, 1.807) is 50.2 Å². The molecule has 1 heterocycles. The molecule has 0 bridgehead atoms. The van der Waals surface area contributed by atoms with Crippen LogP contribution in [0.15, 0.2) is 59.6 Å². The van der Waals surface area contributed by atoms with Crippen molar-refractivity contribution in [2.24, 2.45) is 17.3 Å². The Labute approximate surface area is 182 Å². The van der Waals surface area contributed by atoms with E-state index in [-0.39, 0.29) is 11.6 Å². The first kappa shape index (κ1) is 22.6. The maximum absolute atomic E-state index is 12.7. The van der Waals surface area contributed by atoms with Gasteiger partial charge in [0.15, 0.2) is 0 Å². The number of carbonyl (C=O) groups is 1. The van der Waals surface area contributed by atoms with Gasteiger partial charge in [0.05, 0.1) is 11.6 Å². The highest BCUT2D eigenvalue weighted by Crippen LogP contribution is 2.60. The van der Waals surface area contributed by atoms with E-state index in [4.69, 9.17) is 21.1 Å². The van der Waals surface area contributed by atoms with Crippen LogP contribution >= 0.6 is 11.6 Å². The van der Waals surface area contributed by atoms with Crippen LogP contribution in [0.4, 0.5) is 13.2 Å². The summed E-state index contributed by atoms with van der Waals surface area (Å²) in [7, 11) is 0. The van der Waals surface area contributed by atoms with Crippen LogP contribution in [0.25, 0.3) is 0 Å². The summed E-state index contributed by atoms with van der Waals surface area (Å²) in [5.74, 6) is -1.67. The SMILES string of the molecule is CC1(C)[C@H](C=C(Cl)C(F)(F)F)[C@@H]1C(=O)OC(C#N)c1cccc(Oc2ccccc2)n1. The first-order chi connectivity index (χ1) is 14.5. The van der Waals surface area contributed by atoms with Crippen LogP contribution < -0.4 is 4.74 Å². The highest BCUT2D eigenvalue weighted by atomic mass is 35.5. The van der Waals surface area contributed by atoms with Gasteiger partial charge in [-0.1, -0.05) is 55.8 Å². The molecule has 1 aromatic heterocycles. The Morgan fingerprint density at radius 1 is 1.23 bits per heavy atom. The Morgan fingerprint density at radius 2 is 1.90 bits per heavy atom. The van der Waals surface area contributed by atoms with E-state index in [9.17, 15) is 23.2 Å². The first-order valence-corrected chi connectivity index (χ1v) is 9.66. The number of ether oxygens (including phenoxy) is 2. The minimum absolute atomic E-state index is 0.142. The van der Waals surface area contributed by atoms with E-state index in [0.717, 1.165) is 6.08 Å². The molecule has 3 atom stereocenters. The molecule has 5 nitrogen and oxygen atoms in total. The van der Waals surface area contributed by atoms with Gasteiger partial charge in [0, 0.05) is 6.07 Å². The summed E-state index contributed by atoms with van der Waals surface area (Å²) in [6, 6.07) is 15.4. The zero-order valence-corrected chi connectivity index (χ0v) is 17.3. The topological polar surface area (TPSA) is 72.2 Å². The van der Waals surface area contributed by atoms with Crippen molar-refractivity contribution in [2.75, 3.05) is 0 Å². The Hall–Kier alpha value is -3.05. The molecule has 9 heteroatoms. The molecule has 1 unspecified atom stereocenters. The fourth-order valence-electron chi connectivity index (χ4n) is 3.28.